The van der Waals surface area contributed by atoms with Crippen LogP contribution in [-0.2, 0) is 9.47 Å². The van der Waals surface area contributed by atoms with E-state index in [2.05, 4.69) is 19.1 Å². The predicted molar refractivity (Wildman–Crippen MR) is 94.9 cm³/mol. The second-order valence-corrected chi connectivity index (χ2v) is 6.62. The monoisotopic (exact) mass is 344 g/mol. The average Bonchev–Trinajstić information content (AvgIpc) is 2.92. The number of aliphatic hydroxyl groups excluding tert-OH is 3. The van der Waals surface area contributed by atoms with E-state index in [1.165, 1.54) is 44.9 Å². The third-order valence-corrected chi connectivity index (χ3v) is 4.46. The molecule has 24 heavy (non-hydrogen) atoms. The Hall–Kier alpha value is -0.460. The zero-order valence-electron chi connectivity index (χ0n) is 15.1. The molecule has 0 amide bonds. The number of unbranched alkanes of at least 4 members (excludes halogenated alkanes) is 7. The SMILES string of the molecule is CCC/C=C/CCCCCCCCO[C@@H](CO)[C@@H]1OC[C@@H](O)[C@@H]1O. The number of aliphatic hydroxyl groups is 3. The van der Waals surface area contributed by atoms with Gasteiger partial charge in [0.1, 0.15) is 24.4 Å². The van der Waals surface area contributed by atoms with E-state index >= 15 is 0 Å². The zero-order chi connectivity index (χ0) is 17.6. The number of ether oxygens (including phenoxy) is 2. The van der Waals surface area contributed by atoms with Crippen LogP contribution in [0.1, 0.15) is 64.7 Å². The Bertz CT molecular complexity index is 321. The Morgan fingerprint density at radius 1 is 1.04 bits per heavy atom. The van der Waals surface area contributed by atoms with Crippen molar-refractivity contribution in [2.45, 2.75) is 89.1 Å². The van der Waals surface area contributed by atoms with Crippen LogP contribution in [0.25, 0.3) is 0 Å². The van der Waals surface area contributed by atoms with Crippen LogP contribution in [0.4, 0.5) is 0 Å². The van der Waals surface area contributed by atoms with E-state index in [1.54, 1.807) is 0 Å². The summed E-state index contributed by atoms with van der Waals surface area (Å²) < 4.78 is 10.9. The van der Waals surface area contributed by atoms with Crippen molar-refractivity contribution in [1.29, 1.82) is 0 Å². The van der Waals surface area contributed by atoms with Crippen LogP contribution in [0, 0.1) is 0 Å². The van der Waals surface area contributed by atoms with Crippen LogP contribution < -0.4 is 0 Å². The molecule has 1 fully saturated rings. The zero-order valence-corrected chi connectivity index (χ0v) is 15.1. The first-order valence-corrected chi connectivity index (χ1v) is 9.55. The molecule has 0 unspecified atom stereocenters. The first kappa shape index (κ1) is 21.6. The van der Waals surface area contributed by atoms with Gasteiger partial charge >= 0.3 is 0 Å². The first-order valence-electron chi connectivity index (χ1n) is 9.55. The van der Waals surface area contributed by atoms with Crippen LogP contribution in [-0.4, -0.2) is 59.6 Å². The van der Waals surface area contributed by atoms with Crippen LogP contribution in [0.15, 0.2) is 12.2 Å². The van der Waals surface area contributed by atoms with E-state index in [1.807, 2.05) is 0 Å². The molecule has 0 aromatic heterocycles. The molecule has 0 saturated carbocycles. The number of hydrogen-bond acceptors (Lipinski definition) is 5. The Morgan fingerprint density at radius 2 is 1.71 bits per heavy atom. The molecule has 0 radical (unpaired) electrons. The van der Waals surface area contributed by atoms with Gasteiger partial charge in [-0.15, -0.1) is 0 Å². The number of allylic oxidation sites excluding steroid dienone is 2. The van der Waals surface area contributed by atoms with Gasteiger partial charge in [-0.1, -0.05) is 51.2 Å². The molecule has 0 aliphatic carbocycles. The average molecular weight is 344 g/mol. The molecule has 0 bridgehead atoms. The van der Waals surface area contributed by atoms with Gasteiger partial charge in [-0.3, -0.25) is 0 Å². The summed E-state index contributed by atoms with van der Waals surface area (Å²) >= 11 is 0. The lowest BCUT2D eigenvalue weighted by Gasteiger charge is -2.24. The van der Waals surface area contributed by atoms with Crippen molar-refractivity contribution in [3.05, 3.63) is 12.2 Å². The molecule has 1 saturated heterocycles. The second kappa shape index (κ2) is 13.8. The lowest BCUT2D eigenvalue weighted by molar-refractivity contribution is -0.101. The van der Waals surface area contributed by atoms with Gasteiger partial charge < -0.3 is 24.8 Å². The van der Waals surface area contributed by atoms with Crippen molar-refractivity contribution in [3.63, 3.8) is 0 Å². The molecule has 4 atom stereocenters. The van der Waals surface area contributed by atoms with E-state index in [9.17, 15) is 15.3 Å². The summed E-state index contributed by atoms with van der Waals surface area (Å²) in [6.45, 7) is 2.63. The largest absolute Gasteiger partial charge is 0.394 e. The van der Waals surface area contributed by atoms with Crippen LogP contribution in [0.3, 0.4) is 0 Å². The minimum absolute atomic E-state index is 0.0966. The highest BCUT2D eigenvalue weighted by atomic mass is 16.6. The van der Waals surface area contributed by atoms with Gasteiger partial charge in [0.2, 0.25) is 0 Å². The maximum atomic E-state index is 9.78. The maximum absolute atomic E-state index is 9.78. The first-order chi connectivity index (χ1) is 11.7. The van der Waals surface area contributed by atoms with Gasteiger partial charge in [0, 0.05) is 6.61 Å². The van der Waals surface area contributed by atoms with Crippen molar-refractivity contribution in [1.82, 2.24) is 0 Å². The van der Waals surface area contributed by atoms with Crippen molar-refractivity contribution in [2.75, 3.05) is 19.8 Å². The minimum atomic E-state index is -0.978. The van der Waals surface area contributed by atoms with Crippen molar-refractivity contribution in [3.8, 4) is 0 Å². The molecule has 3 N–H and O–H groups in total. The molecule has 1 aliphatic heterocycles. The Kier molecular flexibility index (Phi) is 12.4. The van der Waals surface area contributed by atoms with Gasteiger partial charge in [0.15, 0.2) is 0 Å². The van der Waals surface area contributed by atoms with E-state index in [0.29, 0.717) is 6.61 Å². The molecule has 0 spiro atoms. The third kappa shape index (κ3) is 8.58. The topological polar surface area (TPSA) is 79.2 Å². The Morgan fingerprint density at radius 3 is 2.33 bits per heavy atom. The molecule has 5 heteroatoms. The summed E-state index contributed by atoms with van der Waals surface area (Å²) in [5, 5.41) is 28.6. The summed E-state index contributed by atoms with van der Waals surface area (Å²) in [6, 6.07) is 0. The lowest BCUT2D eigenvalue weighted by Crippen LogP contribution is -2.42. The van der Waals surface area contributed by atoms with Crippen molar-refractivity contribution in [2.24, 2.45) is 0 Å². The van der Waals surface area contributed by atoms with Crippen molar-refractivity contribution >= 4 is 0 Å². The van der Waals surface area contributed by atoms with Gasteiger partial charge in [0.25, 0.3) is 0 Å². The third-order valence-electron chi connectivity index (χ3n) is 4.46. The molecule has 1 rings (SSSR count). The molecule has 0 aromatic carbocycles. The van der Waals surface area contributed by atoms with E-state index in [4.69, 9.17) is 9.47 Å². The Labute approximate surface area is 146 Å². The normalized spacial score (nSPS) is 25.6. The molecular formula is C19H36O5. The van der Waals surface area contributed by atoms with E-state index < -0.39 is 24.4 Å². The predicted octanol–water partition coefficient (Wildman–Crippen LogP) is 2.57. The lowest BCUT2D eigenvalue weighted by atomic mass is 10.1. The summed E-state index contributed by atoms with van der Waals surface area (Å²) in [7, 11) is 0. The summed E-state index contributed by atoms with van der Waals surface area (Å²) in [5.74, 6) is 0. The summed E-state index contributed by atoms with van der Waals surface area (Å²) in [5.41, 5.74) is 0. The number of hydrogen-bond donors (Lipinski definition) is 3. The van der Waals surface area contributed by atoms with Crippen LogP contribution in [0.5, 0.6) is 0 Å². The fourth-order valence-corrected chi connectivity index (χ4v) is 2.91. The highest BCUT2D eigenvalue weighted by Gasteiger charge is 2.40. The smallest absolute Gasteiger partial charge is 0.114 e. The number of rotatable bonds is 14. The van der Waals surface area contributed by atoms with Gasteiger partial charge in [-0.25, -0.2) is 0 Å². The molecule has 5 nitrogen and oxygen atoms in total. The van der Waals surface area contributed by atoms with Gasteiger partial charge in [0.05, 0.1) is 13.2 Å². The molecule has 1 heterocycles. The van der Waals surface area contributed by atoms with E-state index in [-0.39, 0.29) is 13.2 Å². The molecule has 1 aliphatic rings. The molecular weight excluding hydrogens is 308 g/mol. The molecule has 142 valence electrons. The maximum Gasteiger partial charge on any atom is 0.114 e. The quantitative estimate of drug-likeness (QED) is 0.333. The fourth-order valence-electron chi connectivity index (χ4n) is 2.91. The van der Waals surface area contributed by atoms with E-state index in [0.717, 1.165) is 12.8 Å². The standard InChI is InChI=1S/C19H36O5/c1-2-3-4-5-6-7-8-9-10-11-12-13-23-17(14-20)19-18(22)16(21)15-24-19/h4-5,16-22H,2-3,6-15H2,1H3/b5-4+/t16-,17+,18+,19+/m1/s1. The minimum Gasteiger partial charge on any atom is -0.394 e. The van der Waals surface area contributed by atoms with Crippen LogP contribution >= 0.6 is 0 Å². The molecule has 0 aromatic rings. The second-order valence-electron chi connectivity index (χ2n) is 6.62. The van der Waals surface area contributed by atoms with Gasteiger partial charge in [-0.2, -0.15) is 0 Å². The fraction of sp³-hybridized carbons (Fsp3) is 0.895. The van der Waals surface area contributed by atoms with Crippen molar-refractivity contribution < 1.29 is 24.8 Å². The highest BCUT2D eigenvalue weighted by molar-refractivity contribution is 4.88. The summed E-state index contributed by atoms with van der Waals surface area (Å²) in [4.78, 5) is 0. The Balaban J connectivity index is 1.95. The van der Waals surface area contributed by atoms with Crippen LogP contribution in [0.2, 0.25) is 0 Å². The highest BCUT2D eigenvalue weighted by Crippen LogP contribution is 2.20. The van der Waals surface area contributed by atoms with Gasteiger partial charge in [-0.05, 0) is 25.7 Å². The summed E-state index contributed by atoms with van der Waals surface area (Å²) in [6.07, 6.45) is 12.2.